The van der Waals surface area contributed by atoms with E-state index >= 15 is 0 Å². The van der Waals surface area contributed by atoms with Crippen LogP contribution in [0.5, 0.6) is 5.75 Å². The van der Waals surface area contributed by atoms with Crippen molar-refractivity contribution >= 4 is 5.91 Å². The highest BCUT2D eigenvalue weighted by Crippen LogP contribution is 2.19. The summed E-state index contributed by atoms with van der Waals surface area (Å²) in [6.07, 6.45) is 4.52. The van der Waals surface area contributed by atoms with Crippen molar-refractivity contribution in [3.05, 3.63) is 35.7 Å². The lowest BCUT2D eigenvalue weighted by atomic mass is 10.2. The minimum Gasteiger partial charge on any atom is -0.497 e. The van der Waals surface area contributed by atoms with E-state index in [-0.39, 0.29) is 5.91 Å². The molecule has 1 fully saturated rings. The van der Waals surface area contributed by atoms with E-state index in [0.29, 0.717) is 5.69 Å². The second-order valence-electron chi connectivity index (χ2n) is 5.84. The largest absolute Gasteiger partial charge is 0.497 e. The van der Waals surface area contributed by atoms with Gasteiger partial charge >= 0.3 is 0 Å². The lowest BCUT2D eigenvalue weighted by Crippen LogP contribution is -2.32. The maximum absolute atomic E-state index is 12.7. The molecule has 6 nitrogen and oxygen atoms in total. The van der Waals surface area contributed by atoms with Gasteiger partial charge in [-0.15, -0.1) is 5.10 Å². The first kappa shape index (κ1) is 15.5. The molecule has 0 spiro atoms. The number of carbonyl (C=O) groups excluding carboxylic acids is 1. The number of likely N-dealkylation sites (tertiary alicyclic amines) is 1. The van der Waals surface area contributed by atoms with E-state index in [4.69, 9.17) is 4.74 Å². The lowest BCUT2D eigenvalue weighted by molar-refractivity contribution is 0.0755. The second-order valence-corrected chi connectivity index (χ2v) is 5.84. The molecule has 0 atom stereocenters. The van der Waals surface area contributed by atoms with Crippen LogP contribution in [0, 0.1) is 6.92 Å². The molecule has 2 aromatic rings. The number of amides is 1. The van der Waals surface area contributed by atoms with Crippen molar-refractivity contribution in [1.82, 2.24) is 19.9 Å². The van der Waals surface area contributed by atoms with Gasteiger partial charge in [0.15, 0.2) is 5.69 Å². The van der Waals surface area contributed by atoms with Crippen molar-refractivity contribution in [2.45, 2.75) is 32.6 Å². The van der Waals surface area contributed by atoms with Crippen molar-refractivity contribution in [2.24, 2.45) is 0 Å². The topological polar surface area (TPSA) is 60.2 Å². The zero-order valence-corrected chi connectivity index (χ0v) is 13.7. The molecule has 1 saturated heterocycles. The highest BCUT2D eigenvalue weighted by Gasteiger charge is 2.23. The van der Waals surface area contributed by atoms with Crippen LogP contribution in [0.15, 0.2) is 24.3 Å². The fourth-order valence-electron chi connectivity index (χ4n) is 2.94. The van der Waals surface area contributed by atoms with E-state index in [1.54, 1.807) is 11.8 Å². The van der Waals surface area contributed by atoms with Crippen LogP contribution in [-0.4, -0.2) is 46.0 Å². The number of rotatable bonds is 3. The number of carbonyl (C=O) groups is 1. The van der Waals surface area contributed by atoms with Gasteiger partial charge in [-0.25, -0.2) is 4.68 Å². The number of benzene rings is 1. The number of hydrogen-bond donors (Lipinski definition) is 0. The minimum absolute atomic E-state index is 0.0152. The van der Waals surface area contributed by atoms with Crippen LogP contribution in [0.4, 0.5) is 0 Å². The Morgan fingerprint density at radius 3 is 2.61 bits per heavy atom. The van der Waals surface area contributed by atoms with E-state index in [2.05, 4.69) is 10.3 Å². The quantitative estimate of drug-likeness (QED) is 0.874. The predicted molar refractivity (Wildman–Crippen MR) is 87.0 cm³/mol. The molecule has 1 aliphatic heterocycles. The third-order valence-electron chi connectivity index (χ3n) is 4.29. The summed E-state index contributed by atoms with van der Waals surface area (Å²) in [6.45, 7) is 3.50. The van der Waals surface area contributed by atoms with Crippen LogP contribution >= 0.6 is 0 Å². The normalized spacial score (nSPS) is 15.3. The average molecular weight is 314 g/mol. The Labute approximate surface area is 136 Å². The first-order chi connectivity index (χ1) is 11.2. The summed E-state index contributed by atoms with van der Waals surface area (Å²) in [5.74, 6) is 0.733. The van der Waals surface area contributed by atoms with Gasteiger partial charge < -0.3 is 9.64 Å². The number of hydrogen-bond acceptors (Lipinski definition) is 4. The van der Waals surface area contributed by atoms with Crippen LogP contribution in [0.1, 0.15) is 41.9 Å². The Kier molecular flexibility index (Phi) is 4.60. The highest BCUT2D eigenvalue weighted by atomic mass is 16.5. The van der Waals surface area contributed by atoms with Gasteiger partial charge in [0.25, 0.3) is 5.91 Å². The van der Waals surface area contributed by atoms with Crippen LogP contribution in [0.3, 0.4) is 0 Å². The Morgan fingerprint density at radius 2 is 1.91 bits per heavy atom. The standard InChI is InChI=1S/C17H22N4O2/c1-13-16(17(22)20-10-5-3-4-6-11-20)18-19-21(13)14-8-7-9-15(12-14)23-2/h7-9,12H,3-6,10-11H2,1-2H3. The Bertz CT molecular complexity index is 688. The summed E-state index contributed by atoms with van der Waals surface area (Å²) < 4.78 is 6.93. The van der Waals surface area contributed by atoms with Crippen LogP contribution in [0.2, 0.25) is 0 Å². The third-order valence-corrected chi connectivity index (χ3v) is 4.29. The first-order valence-corrected chi connectivity index (χ1v) is 8.06. The van der Waals surface area contributed by atoms with Crippen LogP contribution in [-0.2, 0) is 0 Å². The van der Waals surface area contributed by atoms with Gasteiger partial charge in [0.2, 0.25) is 0 Å². The van der Waals surface area contributed by atoms with Crippen molar-refractivity contribution < 1.29 is 9.53 Å². The van der Waals surface area contributed by atoms with E-state index in [9.17, 15) is 4.79 Å². The molecule has 1 aliphatic rings. The fourth-order valence-corrected chi connectivity index (χ4v) is 2.94. The third kappa shape index (κ3) is 3.21. The van der Waals surface area contributed by atoms with Crippen molar-refractivity contribution in [3.63, 3.8) is 0 Å². The zero-order valence-electron chi connectivity index (χ0n) is 13.7. The first-order valence-electron chi connectivity index (χ1n) is 8.06. The zero-order chi connectivity index (χ0) is 16.2. The number of nitrogens with zero attached hydrogens (tertiary/aromatic N) is 4. The summed E-state index contributed by atoms with van der Waals surface area (Å²) in [5.41, 5.74) is 2.03. The van der Waals surface area contributed by atoms with Gasteiger partial charge in [-0.05, 0) is 31.9 Å². The summed E-state index contributed by atoms with van der Waals surface area (Å²) in [4.78, 5) is 14.6. The summed E-state index contributed by atoms with van der Waals surface area (Å²) in [5, 5.41) is 8.30. The molecule has 0 saturated carbocycles. The van der Waals surface area contributed by atoms with Crippen molar-refractivity contribution in [2.75, 3.05) is 20.2 Å². The highest BCUT2D eigenvalue weighted by molar-refractivity contribution is 5.93. The molecular formula is C17H22N4O2. The van der Waals surface area contributed by atoms with Gasteiger partial charge in [-0.1, -0.05) is 24.1 Å². The van der Waals surface area contributed by atoms with E-state index in [1.807, 2.05) is 36.1 Å². The minimum atomic E-state index is -0.0152. The van der Waals surface area contributed by atoms with Gasteiger partial charge in [0, 0.05) is 19.2 Å². The molecule has 1 aromatic heterocycles. The van der Waals surface area contributed by atoms with Gasteiger partial charge in [-0.2, -0.15) is 0 Å². The molecule has 122 valence electrons. The Morgan fingerprint density at radius 1 is 1.17 bits per heavy atom. The monoisotopic (exact) mass is 314 g/mol. The number of methoxy groups -OCH3 is 1. The van der Waals surface area contributed by atoms with Crippen molar-refractivity contribution in [1.29, 1.82) is 0 Å². The molecule has 23 heavy (non-hydrogen) atoms. The van der Waals surface area contributed by atoms with Crippen molar-refractivity contribution in [3.8, 4) is 11.4 Å². The maximum Gasteiger partial charge on any atom is 0.276 e. The van der Waals surface area contributed by atoms with Gasteiger partial charge in [-0.3, -0.25) is 4.79 Å². The van der Waals surface area contributed by atoms with Crippen LogP contribution in [0.25, 0.3) is 5.69 Å². The molecule has 0 bridgehead atoms. The number of ether oxygens (including phenoxy) is 1. The second kappa shape index (κ2) is 6.81. The van der Waals surface area contributed by atoms with Crippen LogP contribution < -0.4 is 4.74 Å². The average Bonchev–Trinajstić information content (AvgIpc) is 2.79. The predicted octanol–water partition coefficient (Wildman–Crippen LogP) is 2.60. The van der Waals surface area contributed by atoms with E-state index in [0.717, 1.165) is 43.1 Å². The summed E-state index contributed by atoms with van der Waals surface area (Å²) in [7, 11) is 1.63. The molecule has 0 unspecified atom stereocenters. The van der Waals surface area contributed by atoms with E-state index in [1.165, 1.54) is 12.8 Å². The molecule has 3 rings (SSSR count). The molecular weight excluding hydrogens is 292 g/mol. The maximum atomic E-state index is 12.7. The fraction of sp³-hybridized carbons (Fsp3) is 0.471. The molecule has 1 aromatic carbocycles. The Hall–Kier alpha value is -2.37. The smallest absolute Gasteiger partial charge is 0.276 e. The molecule has 0 radical (unpaired) electrons. The molecule has 6 heteroatoms. The molecule has 2 heterocycles. The SMILES string of the molecule is COc1cccc(-n2nnc(C(=O)N3CCCCCC3)c2C)c1. The van der Waals surface area contributed by atoms with Gasteiger partial charge in [0.1, 0.15) is 5.75 Å². The lowest BCUT2D eigenvalue weighted by Gasteiger charge is -2.19. The Balaban J connectivity index is 1.87. The van der Waals surface area contributed by atoms with E-state index < -0.39 is 0 Å². The molecule has 1 amide bonds. The summed E-state index contributed by atoms with van der Waals surface area (Å²) in [6, 6.07) is 7.57. The molecule has 0 aliphatic carbocycles. The number of aromatic nitrogens is 3. The summed E-state index contributed by atoms with van der Waals surface area (Å²) >= 11 is 0. The van der Waals surface area contributed by atoms with Gasteiger partial charge in [0.05, 0.1) is 18.5 Å². The molecule has 0 N–H and O–H groups in total.